The molecule has 1 rings (SSSR count). The first-order chi connectivity index (χ1) is 11.8. The van der Waals surface area contributed by atoms with E-state index in [-0.39, 0.29) is 12.3 Å². The highest BCUT2D eigenvalue weighted by Crippen LogP contribution is 2.38. The van der Waals surface area contributed by atoms with Crippen molar-refractivity contribution < 1.29 is 23.9 Å². The third kappa shape index (κ3) is 6.12. The average Bonchev–Trinajstić information content (AvgIpc) is 2.56. The number of ether oxygens (including phenoxy) is 3. The minimum atomic E-state index is -0.0128. The molecule has 0 heterocycles. The van der Waals surface area contributed by atoms with E-state index in [0.717, 1.165) is 12.1 Å². The van der Waals surface area contributed by atoms with Crippen LogP contribution in [0.3, 0.4) is 0 Å². The number of hydrogen-bond acceptors (Lipinski definition) is 4. The van der Waals surface area contributed by atoms with Gasteiger partial charge >= 0.3 is 0 Å². The van der Waals surface area contributed by atoms with E-state index in [2.05, 4.69) is 33.0 Å². The highest BCUT2D eigenvalue weighted by atomic mass is 16.5. The molecule has 0 spiro atoms. The van der Waals surface area contributed by atoms with Crippen molar-refractivity contribution in [1.29, 1.82) is 0 Å². The summed E-state index contributed by atoms with van der Waals surface area (Å²) in [6.45, 7) is 10.4. The largest absolute Gasteiger partial charge is 0.493 e. The lowest BCUT2D eigenvalue weighted by atomic mass is 10.1. The minimum absolute atomic E-state index is 0.0128. The van der Waals surface area contributed by atoms with Gasteiger partial charge in [-0.1, -0.05) is 0 Å². The maximum atomic E-state index is 12.3. The molecule has 2 N–H and O–H groups in total. The van der Waals surface area contributed by atoms with Crippen LogP contribution in [0, 0.1) is 0 Å². The van der Waals surface area contributed by atoms with Crippen LogP contribution in [0.5, 0.6) is 17.2 Å². The summed E-state index contributed by atoms with van der Waals surface area (Å²) in [6, 6.07) is 4.68. The van der Waals surface area contributed by atoms with Gasteiger partial charge in [0.2, 0.25) is 11.7 Å². The third-order valence-corrected chi connectivity index (χ3v) is 4.31. The summed E-state index contributed by atoms with van der Waals surface area (Å²) in [5, 5.41) is 3.00. The van der Waals surface area contributed by atoms with Gasteiger partial charge in [0.1, 0.15) is 0 Å². The number of nitrogens with one attached hydrogen (secondary N) is 2. The highest BCUT2D eigenvalue weighted by Gasteiger charge is 2.18. The van der Waals surface area contributed by atoms with Gasteiger partial charge in [-0.2, -0.15) is 0 Å². The van der Waals surface area contributed by atoms with E-state index in [1.165, 1.54) is 4.90 Å². The van der Waals surface area contributed by atoms with E-state index in [0.29, 0.717) is 35.9 Å². The number of methoxy groups -OCH3 is 3. The van der Waals surface area contributed by atoms with Crippen LogP contribution in [0.15, 0.2) is 12.1 Å². The van der Waals surface area contributed by atoms with Crippen molar-refractivity contribution in [3.05, 3.63) is 17.7 Å². The zero-order chi connectivity index (χ0) is 19.0. The van der Waals surface area contributed by atoms with E-state index in [1.807, 2.05) is 0 Å². The van der Waals surface area contributed by atoms with Crippen molar-refractivity contribution in [3.8, 4) is 17.2 Å². The molecule has 0 saturated heterocycles. The van der Waals surface area contributed by atoms with E-state index < -0.39 is 0 Å². The quantitative estimate of drug-likeness (QED) is 0.661. The van der Waals surface area contributed by atoms with Crippen molar-refractivity contribution in [1.82, 2.24) is 5.32 Å². The van der Waals surface area contributed by atoms with Crippen molar-refractivity contribution >= 4 is 5.91 Å². The number of rotatable bonds is 10. The first-order valence-electron chi connectivity index (χ1n) is 8.75. The van der Waals surface area contributed by atoms with Crippen molar-refractivity contribution in [2.75, 3.05) is 34.4 Å². The minimum Gasteiger partial charge on any atom is -0.493 e. The van der Waals surface area contributed by atoms with Crippen molar-refractivity contribution in [3.63, 3.8) is 0 Å². The summed E-state index contributed by atoms with van der Waals surface area (Å²) < 4.78 is 16.0. The first-order valence-corrected chi connectivity index (χ1v) is 8.75. The van der Waals surface area contributed by atoms with Gasteiger partial charge < -0.3 is 24.4 Å². The highest BCUT2D eigenvalue weighted by molar-refractivity contribution is 5.79. The lowest BCUT2D eigenvalue weighted by Gasteiger charge is -2.27. The molecule has 6 nitrogen and oxygen atoms in total. The van der Waals surface area contributed by atoms with Crippen LogP contribution in [0.25, 0.3) is 0 Å². The second-order valence-corrected chi connectivity index (χ2v) is 6.69. The Balaban J connectivity index is 2.68. The van der Waals surface area contributed by atoms with Crippen molar-refractivity contribution in [2.24, 2.45) is 0 Å². The lowest BCUT2D eigenvalue weighted by molar-refractivity contribution is -0.941. The van der Waals surface area contributed by atoms with Gasteiger partial charge in [0.05, 0.1) is 52.9 Å². The molecule has 0 aliphatic heterocycles. The Morgan fingerprint density at radius 1 is 1.00 bits per heavy atom. The summed E-state index contributed by atoms with van der Waals surface area (Å²) in [5.41, 5.74) is 0.823. The molecule has 0 atom stereocenters. The van der Waals surface area contributed by atoms with E-state index in [4.69, 9.17) is 14.2 Å². The molecule has 0 radical (unpaired) electrons. The first kappa shape index (κ1) is 21.1. The average molecular weight is 353 g/mol. The SMILES string of the molecule is COc1cc(CC(=O)NCC[NH+](C(C)C)C(C)C)cc(OC)c1OC. The van der Waals surface area contributed by atoms with Crippen molar-refractivity contribution in [2.45, 2.75) is 46.2 Å². The summed E-state index contributed by atoms with van der Waals surface area (Å²) in [6.07, 6.45) is 0.273. The van der Waals surface area contributed by atoms with Crippen LogP contribution in [-0.2, 0) is 11.2 Å². The second kappa shape index (κ2) is 10.1. The molecular formula is C19H33N2O4+. The number of quaternary nitrogens is 1. The predicted molar refractivity (Wildman–Crippen MR) is 98.9 cm³/mol. The predicted octanol–water partition coefficient (Wildman–Crippen LogP) is 1.07. The molecule has 142 valence electrons. The summed E-state index contributed by atoms with van der Waals surface area (Å²) >= 11 is 0. The second-order valence-electron chi connectivity index (χ2n) is 6.69. The van der Waals surface area contributed by atoms with Crippen LogP contribution >= 0.6 is 0 Å². The Morgan fingerprint density at radius 2 is 1.52 bits per heavy atom. The number of amides is 1. The summed E-state index contributed by atoms with van der Waals surface area (Å²) in [7, 11) is 4.69. The Morgan fingerprint density at radius 3 is 1.92 bits per heavy atom. The zero-order valence-corrected chi connectivity index (χ0v) is 16.6. The van der Waals surface area contributed by atoms with Crippen LogP contribution < -0.4 is 24.4 Å². The zero-order valence-electron chi connectivity index (χ0n) is 16.6. The van der Waals surface area contributed by atoms with Gasteiger partial charge in [-0.15, -0.1) is 0 Å². The van der Waals surface area contributed by atoms with Gasteiger partial charge in [0, 0.05) is 0 Å². The molecule has 1 aromatic rings. The standard InChI is InChI=1S/C19H32N2O4/c1-13(2)21(14(3)4)9-8-20-18(22)12-15-10-16(23-5)19(25-7)17(11-15)24-6/h10-11,13-14H,8-9,12H2,1-7H3,(H,20,22)/p+1. The van der Waals surface area contributed by atoms with E-state index in [9.17, 15) is 4.79 Å². The molecule has 0 bridgehead atoms. The Labute approximate surface area is 151 Å². The normalized spacial score (nSPS) is 11.1. The maximum Gasteiger partial charge on any atom is 0.224 e. The van der Waals surface area contributed by atoms with Crippen LogP contribution in [0.4, 0.5) is 0 Å². The molecule has 0 aliphatic carbocycles. The van der Waals surface area contributed by atoms with Crippen LogP contribution in [0.2, 0.25) is 0 Å². The van der Waals surface area contributed by atoms with Gasteiger partial charge in [0.25, 0.3) is 0 Å². The fourth-order valence-corrected chi connectivity index (χ4v) is 3.08. The van der Waals surface area contributed by atoms with Crippen LogP contribution in [0.1, 0.15) is 33.3 Å². The molecular weight excluding hydrogens is 320 g/mol. The molecule has 0 saturated carbocycles. The molecule has 0 aliphatic rings. The summed E-state index contributed by atoms with van der Waals surface area (Å²) in [4.78, 5) is 13.7. The molecule has 0 unspecified atom stereocenters. The lowest BCUT2D eigenvalue weighted by Crippen LogP contribution is -3.18. The van der Waals surface area contributed by atoms with Crippen LogP contribution in [-0.4, -0.2) is 52.4 Å². The molecule has 0 aromatic heterocycles. The molecule has 25 heavy (non-hydrogen) atoms. The smallest absolute Gasteiger partial charge is 0.224 e. The fourth-order valence-electron chi connectivity index (χ4n) is 3.08. The third-order valence-electron chi connectivity index (χ3n) is 4.31. The molecule has 1 amide bonds. The van der Waals surface area contributed by atoms with Gasteiger partial charge in [-0.25, -0.2) is 0 Å². The van der Waals surface area contributed by atoms with Gasteiger partial charge in [-0.3, -0.25) is 4.79 Å². The molecule has 0 fully saturated rings. The number of carbonyl (C=O) groups is 1. The van der Waals surface area contributed by atoms with E-state index >= 15 is 0 Å². The summed E-state index contributed by atoms with van der Waals surface area (Å²) in [5.74, 6) is 1.63. The van der Waals surface area contributed by atoms with E-state index in [1.54, 1.807) is 33.5 Å². The molecule has 1 aromatic carbocycles. The Bertz CT molecular complexity index is 525. The number of carbonyl (C=O) groups excluding carboxylic acids is 1. The topological polar surface area (TPSA) is 61.2 Å². The van der Waals surface area contributed by atoms with Gasteiger partial charge in [-0.05, 0) is 45.4 Å². The monoisotopic (exact) mass is 353 g/mol. The van der Waals surface area contributed by atoms with Gasteiger partial charge in [0.15, 0.2) is 11.5 Å². The Hall–Kier alpha value is -1.95. The number of benzene rings is 1. The Kier molecular flexibility index (Phi) is 8.55. The maximum absolute atomic E-state index is 12.3. The fraction of sp³-hybridized carbons (Fsp3) is 0.632. The number of hydrogen-bond donors (Lipinski definition) is 2. The molecule has 6 heteroatoms.